The van der Waals surface area contributed by atoms with Gasteiger partial charge in [0.1, 0.15) is 5.75 Å². The first-order chi connectivity index (χ1) is 9.80. The molecule has 0 saturated heterocycles. The van der Waals surface area contributed by atoms with E-state index in [9.17, 15) is 4.79 Å². The van der Waals surface area contributed by atoms with E-state index in [1.165, 1.54) is 0 Å². The number of benzene rings is 1. The summed E-state index contributed by atoms with van der Waals surface area (Å²) in [6.07, 6.45) is 5.30. The summed E-state index contributed by atoms with van der Waals surface area (Å²) in [4.78, 5) is 11.0. The predicted octanol–water partition coefficient (Wildman–Crippen LogP) is 3.10. The maximum Gasteiger partial charge on any atom is 0.158 e. The lowest BCUT2D eigenvalue weighted by molar-refractivity contribution is -0.104. The minimum atomic E-state index is 0.488. The fraction of sp³-hybridized carbons (Fsp3) is 0.353. The van der Waals surface area contributed by atoms with Gasteiger partial charge in [0.2, 0.25) is 0 Å². The van der Waals surface area contributed by atoms with Crippen LogP contribution in [0, 0.1) is 11.8 Å². The summed E-state index contributed by atoms with van der Waals surface area (Å²) >= 11 is 0. The first kappa shape index (κ1) is 16.0. The van der Waals surface area contributed by atoms with Crippen LogP contribution in [0.2, 0.25) is 0 Å². The first-order valence-electron chi connectivity index (χ1n) is 6.59. The molecule has 0 radical (unpaired) electrons. The standard InChI is InChI=1S/C17H20O3/c1-19-12-6-4-3-5-7-16(14-18)13-15-8-10-17(20-2)11-9-15/h8-11,13-14H,3-4,6,12H2,1-2H3/b16-13+. The molecule has 1 aromatic carbocycles. The molecule has 1 aromatic rings. The molecule has 0 saturated carbocycles. The van der Waals surface area contributed by atoms with E-state index in [1.807, 2.05) is 24.3 Å². The normalized spacial score (nSPS) is 10.6. The fourth-order valence-electron chi connectivity index (χ4n) is 1.60. The van der Waals surface area contributed by atoms with Crippen LogP contribution in [0.3, 0.4) is 0 Å². The van der Waals surface area contributed by atoms with Crippen molar-refractivity contribution in [2.75, 3.05) is 20.8 Å². The van der Waals surface area contributed by atoms with E-state index in [1.54, 1.807) is 20.3 Å². The minimum Gasteiger partial charge on any atom is -0.497 e. The predicted molar refractivity (Wildman–Crippen MR) is 80.5 cm³/mol. The van der Waals surface area contributed by atoms with Crippen LogP contribution in [0.1, 0.15) is 24.8 Å². The van der Waals surface area contributed by atoms with Crippen molar-refractivity contribution in [3.8, 4) is 17.6 Å². The van der Waals surface area contributed by atoms with Crippen molar-refractivity contribution in [1.82, 2.24) is 0 Å². The van der Waals surface area contributed by atoms with Crippen molar-refractivity contribution in [3.63, 3.8) is 0 Å². The molecule has 3 nitrogen and oxygen atoms in total. The smallest absolute Gasteiger partial charge is 0.158 e. The van der Waals surface area contributed by atoms with Crippen LogP contribution < -0.4 is 4.74 Å². The third-order valence-corrected chi connectivity index (χ3v) is 2.70. The van der Waals surface area contributed by atoms with Gasteiger partial charge in [0.15, 0.2) is 6.29 Å². The van der Waals surface area contributed by atoms with Gasteiger partial charge in [0.25, 0.3) is 0 Å². The van der Waals surface area contributed by atoms with Crippen molar-refractivity contribution in [2.24, 2.45) is 0 Å². The monoisotopic (exact) mass is 272 g/mol. The minimum absolute atomic E-state index is 0.488. The van der Waals surface area contributed by atoms with Crippen LogP contribution in [0.25, 0.3) is 6.08 Å². The van der Waals surface area contributed by atoms with E-state index in [4.69, 9.17) is 9.47 Å². The molecule has 0 fully saturated rings. The number of ether oxygens (including phenoxy) is 2. The van der Waals surface area contributed by atoms with Gasteiger partial charge in [-0.05, 0) is 36.6 Å². The lowest BCUT2D eigenvalue weighted by Gasteiger charge is -1.99. The Labute approximate surface area is 120 Å². The van der Waals surface area contributed by atoms with E-state index < -0.39 is 0 Å². The van der Waals surface area contributed by atoms with E-state index in [0.29, 0.717) is 5.57 Å². The summed E-state index contributed by atoms with van der Waals surface area (Å²) < 4.78 is 10.0. The third-order valence-electron chi connectivity index (χ3n) is 2.70. The Morgan fingerprint density at radius 1 is 1.20 bits per heavy atom. The number of aldehydes is 1. The summed E-state index contributed by atoms with van der Waals surface area (Å²) in [5, 5.41) is 0. The molecule has 0 spiro atoms. The highest BCUT2D eigenvalue weighted by atomic mass is 16.5. The molecular weight excluding hydrogens is 252 g/mol. The Hall–Kier alpha value is -2.05. The highest BCUT2D eigenvalue weighted by molar-refractivity contribution is 5.87. The number of hydrogen-bond donors (Lipinski definition) is 0. The number of rotatable bonds is 7. The number of hydrogen-bond acceptors (Lipinski definition) is 3. The number of allylic oxidation sites excluding steroid dienone is 1. The van der Waals surface area contributed by atoms with Gasteiger partial charge in [-0.1, -0.05) is 24.0 Å². The molecular formula is C17H20O3. The van der Waals surface area contributed by atoms with Crippen molar-refractivity contribution < 1.29 is 14.3 Å². The van der Waals surface area contributed by atoms with E-state index in [0.717, 1.165) is 43.5 Å². The molecule has 3 heteroatoms. The van der Waals surface area contributed by atoms with Crippen LogP contribution in [-0.4, -0.2) is 27.1 Å². The summed E-state index contributed by atoms with van der Waals surface area (Å²) in [6.45, 7) is 0.754. The molecule has 0 aliphatic rings. The Morgan fingerprint density at radius 3 is 2.55 bits per heavy atom. The molecule has 0 atom stereocenters. The number of carbonyl (C=O) groups excluding carboxylic acids is 1. The maximum atomic E-state index is 11.0. The largest absolute Gasteiger partial charge is 0.497 e. The molecule has 0 aromatic heterocycles. The van der Waals surface area contributed by atoms with Crippen LogP contribution in [-0.2, 0) is 9.53 Å². The van der Waals surface area contributed by atoms with Crippen LogP contribution in [0.4, 0.5) is 0 Å². The van der Waals surface area contributed by atoms with Gasteiger partial charge in [0, 0.05) is 20.1 Å². The summed E-state index contributed by atoms with van der Waals surface area (Å²) in [7, 11) is 3.31. The quantitative estimate of drug-likeness (QED) is 0.331. The highest BCUT2D eigenvalue weighted by Crippen LogP contribution is 2.13. The number of carbonyl (C=O) groups is 1. The summed E-state index contributed by atoms with van der Waals surface area (Å²) in [6, 6.07) is 7.49. The fourth-order valence-corrected chi connectivity index (χ4v) is 1.60. The van der Waals surface area contributed by atoms with Crippen molar-refractivity contribution >= 4 is 12.4 Å². The van der Waals surface area contributed by atoms with Gasteiger partial charge in [-0.2, -0.15) is 0 Å². The molecule has 0 heterocycles. The topological polar surface area (TPSA) is 35.5 Å². The summed E-state index contributed by atoms with van der Waals surface area (Å²) in [5.74, 6) is 6.69. The van der Waals surface area contributed by atoms with E-state index in [2.05, 4.69) is 11.8 Å². The third kappa shape index (κ3) is 6.21. The van der Waals surface area contributed by atoms with Crippen LogP contribution in [0.15, 0.2) is 29.8 Å². The Kier molecular flexibility index (Phi) is 7.86. The maximum absolute atomic E-state index is 11.0. The molecule has 0 aliphatic carbocycles. The molecule has 1 rings (SSSR count). The Morgan fingerprint density at radius 2 is 1.95 bits per heavy atom. The SMILES string of the molecule is COCCCCC#C/C(C=O)=C\c1ccc(OC)cc1. The van der Waals surface area contributed by atoms with Gasteiger partial charge < -0.3 is 9.47 Å². The number of methoxy groups -OCH3 is 2. The van der Waals surface area contributed by atoms with Crippen molar-refractivity contribution in [2.45, 2.75) is 19.3 Å². The lowest BCUT2D eigenvalue weighted by Crippen LogP contribution is -1.87. The molecule has 0 aliphatic heterocycles. The molecule has 20 heavy (non-hydrogen) atoms. The highest BCUT2D eigenvalue weighted by Gasteiger charge is 1.94. The van der Waals surface area contributed by atoms with Crippen LogP contribution in [0.5, 0.6) is 5.75 Å². The molecule has 0 unspecified atom stereocenters. The Balaban J connectivity index is 2.58. The first-order valence-corrected chi connectivity index (χ1v) is 6.59. The van der Waals surface area contributed by atoms with E-state index in [-0.39, 0.29) is 0 Å². The van der Waals surface area contributed by atoms with Gasteiger partial charge in [-0.25, -0.2) is 0 Å². The van der Waals surface area contributed by atoms with Gasteiger partial charge in [0.05, 0.1) is 12.7 Å². The zero-order valence-corrected chi connectivity index (χ0v) is 12.0. The molecule has 0 bridgehead atoms. The van der Waals surface area contributed by atoms with Gasteiger partial charge in [-0.3, -0.25) is 4.79 Å². The second-order valence-corrected chi connectivity index (χ2v) is 4.24. The average Bonchev–Trinajstić information content (AvgIpc) is 2.50. The average molecular weight is 272 g/mol. The second kappa shape index (κ2) is 9.82. The summed E-state index contributed by atoms with van der Waals surface area (Å²) in [5.41, 5.74) is 1.42. The van der Waals surface area contributed by atoms with Crippen molar-refractivity contribution in [3.05, 3.63) is 35.4 Å². The van der Waals surface area contributed by atoms with Crippen molar-refractivity contribution in [1.29, 1.82) is 0 Å². The molecule has 0 N–H and O–H groups in total. The van der Waals surface area contributed by atoms with Gasteiger partial charge >= 0.3 is 0 Å². The zero-order valence-electron chi connectivity index (χ0n) is 12.0. The van der Waals surface area contributed by atoms with Crippen LogP contribution >= 0.6 is 0 Å². The van der Waals surface area contributed by atoms with E-state index >= 15 is 0 Å². The molecule has 106 valence electrons. The lowest BCUT2D eigenvalue weighted by atomic mass is 10.1. The second-order valence-electron chi connectivity index (χ2n) is 4.24. The van der Waals surface area contributed by atoms with Gasteiger partial charge in [-0.15, -0.1) is 0 Å². The zero-order chi connectivity index (χ0) is 14.6. The Bertz CT molecular complexity index is 489. The number of unbranched alkanes of at least 4 members (excludes halogenated alkanes) is 2. The molecule has 0 amide bonds.